The Hall–Kier alpha value is -2.77. The Morgan fingerprint density at radius 3 is 2.51 bits per heavy atom. The van der Waals surface area contributed by atoms with Gasteiger partial charge in [-0.2, -0.15) is 0 Å². The molecule has 2 aromatic carbocycles. The van der Waals surface area contributed by atoms with E-state index in [1.54, 1.807) is 32.9 Å². The van der Waals surface area contributed by atoms with Crippen molar-refractivity contribution in [3.63, 3.8) is 0 Å². The zero-order valence-corrected chi connectivity index (χ0v) is 21.2. The molecule has 2 fully saturated rings. The van der Waals surface area contributed by atoms with Crippen molar-refractivity contribution < 1.29 is 23.5 Å². The highest BCUT2D eigenvalue weighted by Crippen LogP contribution is 2.43. The van der Waals surface area contributed by atoms with Crippen molar-refractivity contribution in [1.82, 2.24) is 10.2 Å². The summed E-state index contributed by atoms with van der Waals surface area (Å²) in [5, 5.41) is 3.43. The van der Waals surface area contributed by atoms with Crippen LogP contribution < -0.4 is 5.32 Å². The standard InChI is InChI=1S/C20H29FN2O2.C8H8O2/c1-13-11-23(8-7-22-13)12-15-9-18(21)17(10-16(15)14-5-6-14)19(24)25-20(2,3)4;9-7-10-6-8-4-2-1-3-5-8/h9-10,13-14,22H,5-8,11-12H2,1-4H3;1-5,7H,6H2/t13-;/m1./s1. The third kappa shape index (κ3) is 8.75. The van der Waals surface area contributed by atoms with E-state index >= 15 is 0 Å². The second kappa shape index (κ2) is 12.3. The number of nitrogens with one attached hydrogen (secondary N) is 1. The van der Waals surface area contributed by atoms with Gasteiger partial charge in [-0.3, -0.25) is 9.69 Å². The summed E-state index contributed by atoms with van der Waals surface area (Å²) >= 11 is 0. The lowest BCUT2D eigenvalue weighted by molar-refractivity contribution is -0.129. The molecule has 0 bridgehead atoms. The molecule has 1 aliphatic heterocycles. The Kier molecular flexibility index (Phi) is 9.40. The fraction of sp³-hybridized carbons (Fsp3) is 0.500. The number of carbonyl (C=O) groups excluding carboxylic acids is 2. The lowest BCUT2D eigenvalue weighted by Crippen LogP contribution is -2.48. The van der Waals surface area contributed by atoms with Crippen molar-refractivity contribution in [2.75, 3.05) is 19.6 Å². The second-order valence-electron chi connectivity index (χ2n) is 10.3. The number of rotatable bonds is 7. The molecule has 35 heavy (non-hydrogen) atoms. The largest absolute Gasteiger partial charge is 0.463 e. The smallest absolute Gasteiger partial charge is 0.341 e. The molecule has 1 saturated heterocycles. The Morgan fingerprint density at radius 1 is 1.20 bits per heavy atom. The molecule has 1 N–H and O–H groups in total. The van der Waals surface area contributed by atoms with Gasteiger partial charge in [0.15, 0.2) is 0 Å². The molecule has 7 heteroatoms. The highest BCUT2D eigenvalue weighted by molar-refractivity contribution is 5.90. The summed E-state index contributed by atoms with van der Waals surface area (Å²) in [5.74, 6) is -0.594. The van der Waals surface area contributed by atoms with Gasteiger partial charge in [0.25, 0.3) is 6.47 Å². The fourth-order valence-corrected chi connectivity index (χ4v) is 4.13. The van der Waals surface area contributed by atoms with E-state index in [-0.39, 0.29) is 5.56 Å². The van der Waals surface area contributed by atoms with Crippen LogP contribution in [0.3, 0.4) is 0 Å². The van der Waals surface area contributed by atoms with Crippen LogP contribution in [0.25, 0.3) is 0 Å². The Bertz CT molecular complexity index is 986. The maximum atomic E-state index is 14.6. The van der Waals surface area contributed by atoms with Crippen molar-refractivity contribution in [3.8, 4) is 0 Å². The van der Waals surface area contributed by atoms with Crippen molar-refractivity contribution in [2.24, 2.45) is 0 Å². The zero-order valence-electron chi connectivity index (χ0n) is 21.2. The molecule has 0 aromatic heterocycles. The summed E-state index contributed by atoms with van der Waals surface area (Å²) < 4.78 is 24.5. The molecule has 1 heterocycles. The number of carbonyl (C=O) groups is 2. The number of nitrogens with zero attached hydrogens (tertiary/aromatic N) is 1. The molecule has 1 atom stereocenters. The van der Waals surface area contributed by atoms with Crippen LogP contribution in [0.2, 0.25) is 0 Å². The van der Waals surface area contributed by atoms with E-state index in [1.165, 1.54) is 0 Å². The second-order valence-corrected chi connectivity index (χ2v) is 10.3. The predicted octanol–water partition coefficient (Wildman–Crippen LogP) is 4.81. The molecular formula is C28H37FN2O4. The predicted molar refractivity (Wildman–Crippen MR) is 134 cm³/mol. The molecule has 6 nitrogen and oxygen atoms in total. The molecule has 0 spiro atoms. The summed E-state index contributed by atoms with van der Waals surface area (Å²) in [6.07, 6.45) is 2.23. The van der Waals surface area contributed by atoms with Gasteiger partial charge >= 0.3 is 5.97 Å². The van der Waals surface area contributed by atoms with Crippen molar-refractivity contribution in [1.29, 1.82) is 0 Å². The Balaban J connectivity index is 0.000000287. The van der Waals surface area contributed by atoms with Gasteiger partial charge in [-0.25, -0.2) is 9.18 Å². The van der Waals surface area contributed by atoms with Crippen LogP contribution in [0.5, 0.6) is 0 Å². The van der Waals surface area contributed by atoms with Crippen LogP contribution in [0, 0.1) is 5.82 Å². The van der Waals surface area contributed by atoms with Crippen LogP contribution >= 0.6 is 0 Å². The van der Waals surface area contributed by atoms with E-state index in [4.69, 9.17) is 4.74 Å². The molecule has 190 valence electrons. The van der Waals surface area contributed by atoms with Gasteiger partial charge in [0.2, 0.25) is 0 Å². The topological polar surface area (TPSA) is 67.9 Å². The third-order valence-electron chi connectivity index (χ3n) is 5.87. The number of hydrogen-bond donors (Lipinski definition) is 1. The number of hydrogen-bond acceptors (Lipinski definition) is 6. The molecule has 0 radical (unpaired) electrons. The van der Waals surface area contributed by atoms with E-state index in [0.29, 0.717) is 25.0 Å². The average Bonchev–Trinajstić information content (AvgIpc) is 3.63. The number of ether oxygens (including phenoxy) is 2. The van der Waals surface area contributed by atoms with Crippen LogP contribution in [0.1, 0.15) is 73.5 Å². The summed E-state index contributed by atoms with van der Waals surface area (Å²) in [6, 6.07) is 13.3. The summed E-state index contributed by atoms with van der Waals surface area (Å²) in [6.45, 7) is 12.0. The van der Waals surface area contributed by atoms with Gasteiger partial charge in [0, 0.05) is 32.2 Å². The molecule has 1 aliphatic carbocycles. The zero-order chi connectivity index (χ0) is 25.4. The van der Waals surface area contributed by atoms with Gasteiger partial charge in [-0.15, -0.1) is 0 Å². The molecule has 1 saturated carbocycles. The first-order valence-corrected chi connectivity index (χ1v) is 12.3. The Labute approximate surface area is 207 Å². The van der Waals surface area contributed by atoms with Gasteiger partial charge in [-0.1, -0.05) is 30.3 Å². The maximum absolute atomic E-state index is 14.6. The molecule has 0 amide bonds. The summed E-state index contributed by atoms with van der Waals surface area (Å²) in [5.41, 5.74) is 2.58. The summed E-state index contributed by atoms with van der Waals surface area (Å²) in [7, 11) is 0. The first-order chi connectivity index (χ1) is 16.7. The van der Waals surface area contributed by atoms with E-state index in [9.17, 15) is 14.0 Å². The molecular weight excluding hydrogens is 447 g/mol. The lowest BCUT2D eigenvalue weighted by Gasteiger charge is -2.32. The normalized spacial score (nSPS) is 18.3. The highest BCUT2D eigenvalue weighted by Gasteiger charge is 2.30. The van der Waals surface area contributed by atoms with Crippen LogP contribution in [-0.4, -0.2) is 48.6 Å². The minimum atomic E-state index is -0.626. The van der Waals surface area contributed by atoms with E-state index in [2.05, 4.69) is 21.9 Å². The molecule has 4 rings (SSSR count). The highest BCUT2D eigenvalue weighted by atomic mass is 19.1. The van der Waals surface area contributed by atoms with Crippen LogP contribution in [0.15, 0.2) is 42.5 Å². The van der Waals surface area contributed by atoms with Crippen molar-refractivity contribution in [2.45, 2.75) is 71.2 Å². The van der Waals surface area contributed by atoms with Crippen molar-refractivity contribution in [3.05, 3.63) is 70.5 Å². The van der Waals surface area contributed by atoms with Gasteiger partial charge in [0.05, 0.1) is 5.56 Å². The number of halogens is 1. The first kappa shape index (κ1) is 26.8. The monoisotopic (exact) mass is 484 g/mol. The minimum absolute atomic E-state index is 0.0641. The van der Waals surface area contributed by atoms with Crippen molar-refractivity contribution >= 4 is 12.4 Å². The van der Waals surface area contributed by atoms with Gasteiger partial charge in [0.1, 0.15) is 18.0 Å². The number of piperazine rings is 1. The first-order valence-electron chi connectivity index (χ1n) is 12.3. The summed E-state index contributed by atoms with van der Waals surface area (Å²) in [4.78, 5) is 24.5. The quantitative estimate of drug-likeness (QED) is 0.449. The van der Waals surface area contributed by atoms with Crippen LogP contribution in [0.4, 0.5) is 4.39 Å². The SMILES string of the molecule is C[C@@H]1CN(Cc2cc(F)c(C(=O)OC(C)(C)C)cc2C2CC2)CCN1.O=COCc1ccccc1. The van der Waals surface area contributed by atoms with E-state index < -0.39 is 17.4 Å². The molecule has 0 unspecified atom stereocenters. The fourth-order valence-electron chi connectivity index (χ4n) is 4.13. The lowest BCUT2D eigenvalue weighted by atomic mass is 9.98. The third-order valence-corrected chi connectivity index (χ3v) is 5.87. The number of esters is 1. The van der Waals surface area contributed by atoms with E-state index in [1.807, 2.05) is 30.3 Å². The van der Waals surface area contributed by atoms with Crippen LogP contribution in [-0.2, 0) is 27.4 Å². The minimum Gasteiger partial charge on any atom is -0.463 e. The average molecular weight is 485 g/mol. The molecule has 2 aliphatic rings. The van der Waals surface area contributed by atoms with E-state index in [0.717, 1.165) is 55.7 Å². The van der Waals surface area contributed by atoms with Gasteiger partial charge in [-0.05, 0) is 75.3 Å². The maximum Gasteiger partial charge on any atom is 0.341 e. The Morgan fingerprint density at radius 2 is 1.91 bits per heavy atom. The van der Waals surface area contributed by atoms with Gasteiger partial charge < -0.3 is 14.8 Å². The molecule has 2 aromatic rings. The number of benzene rings is 2.